The molecule has 0 spiro atoms. The Morgan fingerprint density at radius 1 is 1.38 bits per heavy atom. The Morgan fingerprint density at radius 2 is 2.19 bits per heavy atom. The number of halogens is 1. The molecule has 1 aliphatic rings. The summed E-state index contributed by atoms with van der Waals surface area (Å²) in [6.07, 6.45) is 2.09. The lowest BCUT2D eigenvalue weighted by Crippen LogP contribution is -2.25. The number of carbonyl (C=O) groups is 1. The number of hydrogen-bond donors (Lipinski definition) is 3. The molecule has 3 rings (SSSR count). The molecule has 4 N–H and O–H groups in total. The van der Waals surface area contributed by atoms with Crippen molar-refractivity contribution in [3.05, 3.63) is 46.6 Å². The molecule has 1 aliphatic carbocycles. The van der Waals surface area contributed by atoms with E-state index in [-0.39, 0.29) is 11.7 Å². The van der Waals surface area contributed by atoms with Crippen LogP contribution in [0.5, 0.6) is 0 Å². The fourth-order valence-electron chi connectivity index (χ4n) is 1.98. The largest absolute Gasteiger partial charge is 0.397 e. The number of nitrogen functional groups attached to an aromatic ring is 1. The molecular formula is C15H16FN3OS. The zero-order chi connectivity index (χ0) is 14.8. The number of carbonyl (C=O) groups excluding carboxylic acids is 1. The van der Waals surface area contributed by atoms with E-state index in [0.29, 0.717) is 23.2 Å². The van der Waals surface area contributed by atoms with Gasteiger partial charge in [0.1, 0.15) is 10.7 Å². The van der Waals surface area contributed by atoms with Gasteiger partial charge >= 0.3 is 0 Å². The SMILES string of the molecule is Nc1cc(NCc2cccc(F)c2)sc1C(=O)NC1CC1. The van der Waals surface area contributed by atoms with E-state index in [1.807, 2.05) is 6.07 Å². The molecular weight excluding hydrogens is 289 g/mol. The lowest BCUT2D eigenvalue weighted by Gasteiger charge is -2.03. The molecule has 21 heavy (non-hydrogen) atoms. The highest BCUT2D eigenvalue weighted by Crippen LogP contribution is 2.30. The zero-order valence-electron chi connectivity index (χ0n) is 11.4. The van der Waals surface area contributed by atoms with Crippen molar-refractivity contribution < 1.29 is 9.18 Å². The average Bonchev–Trinajstić information content (AvgIpc) is 3.17. The second-order valence-electron chi connectivity index (χ2n) is 5.13. The number of nitrogens with two attached hydrogens (primary N) is 1. The molecule has 0 atom stereocenters. The van der Waals surface area contributed by atoms with E-state index in [4.69, 9.17) is 5.73 Å². The van der Waals surface area contributed by atoms with Crippen LogP contribution in [-0.4, -0.2) is 11.9 Å². The van der Waals surface area contributed by atoms with Crippen molar-refractivity contribution in [2.24, 2.45) is 0 Å². The van der Waals surface area contributed by atoms with Crippen LogP contribution in [0.15, 0.2) is 30.3 Å². The Kier molecular flexibility index (Phi) is 3.79. The minimum atomic E-state index is -0.260. The molecule has 0 unspecified atom stereocenters. The predicted octanol–water partition coefficient (Wildman–Crippen LogP) is 2.97. The van der Waals surface area contributed by atoms with E-state index < -0.39 is 0 Å². The van der Waals surface area contributed by atoms with E-state index in [1.54, 1.807) is 12.1 Å². The molecule has 0 aliphatic heterocycles. The Bertz CT molecular complexity index is 667. The quantitative estimate of drug-likeness (QED) is 0.795. The van der Waals surface area contributed by atoms with Crippen LogP contribution >= 0.6 is 11.3 Å². The molecule has 6 heteroatoms. The number of nitrogens with one attached hydrogen (secondary N) is 2. The molecule has 110 valence electrons. The lowest BCUT2D eigenvalue weighted by atomic mass is 10.2. The lowest BCUT2D eigenvalue weighted by molar-refractivity contribution is 0.0956. The maximum atomic E-state index is 13.1. The second kappa shape index (κ2) is 5.73. The number of thiophene rings is 1. The van der Waals surface area contributed by atoms with Gasteiger partial charge < -0.3 is 16.4 Å². The van der Waals surface area contributed by atoms with Crippen molar-refractivity contribution in [1.29, 1.82) is 0 Å². The van der Waals surface area contributed by atoms with Gasteiger partial charge in [0, 0.05) is 12.6 Å². The summed E-state index contributed by atoms with van der Waals surface area (Å²) in [7, 11) is 0. The third-order valence-electron chi connectivity index (χ3n) is 3.24. The molecule has 1 amide bonds. The van der Waals surface area contributed by atoms with Crippen molar-refractivity contribution in [3.63, 3.8) is 0 Å². The van der Waals surface area contributed by atoms with Crippen molar-refractivity contribution in [1.82, 2.24) is 5.32 Å². The normalized spacial score (nSPS) is 14.0. The maximum absolute atomic E-state index is 13.1. The van der Waals surface area contributed by atoms with Gasteiger partial charge in [-0.05, 0) is 36.6 Å². The van der Waals surface area contributed by atoms with Crippen molar-refractivity contribution in [3.8, 4) is 0 Å². The standard InChI is InChI=1S/C15H16FN3OS/c16-10-3-1-2-9(6-10)8-18-13-7-12(17)14(21-13)15(20)19-11-4-5-11/h1-3,6-7,11,18H,4-5,8,17H2,(H,19,20). The van der Waals surface area contributed by atoms with Crippen molar-refractivity contribution in [2.75, 3.05) is 11.1 Å². The summed E-state index contributed by atoms with van der Waals surface area (Å²) in [5.74, 6) is -0.372. The monoisotopic (exact) mass is 305 g/mol. The number of hydrogen-bond acceptors (Lipinski definition) is 4. The number of amides is 1. The van der Waals surface area contributed by atoms with Crippen LogP contribution in [0.2, 0.25) is 0 Å². The molecule has 1 aromatic heterocycles. The Morgan fingerprint density at radius 3 is 2.90 bits per heavy atom. The maximum Gasteiger partial charge on any atom is 0.263 e. The number of rotatable bonds is 5. The smallest absolute Gasteiger partial charge is 0.263 e. The summed E-state index contributed by atoms with van der Waals surface area (Å²) in [5, 5.41) is 6.89. The summed E-state index contributed by atoms with van der Waals surface area (Å²) in [5.41, 5.74) is 7.19. The molecule has 4 nitrogen and oxygen atoms in total. The molecule has 2 aromatic rings. The second-order valence-corrected chi connectivity index (χ2v) is 6.18. The first kappa shape index (κ1) is 13.9. The first-order valence-electron chi connectivity index (χ1n) is 6.80. The fourth-order valence-corrected chi connectivity index (χ4v) is 2.86. The van der Waals surface area contributed by atoms with Crippen LogP contribution < -0.4 is 16.4 Å². The molecule has 1 saturated carbocycles. The highest BCUT2D eigenvalue weighted by atomic mass is 32.1. The third-order valence-corrected chi connectivity index (χ3v) is 4.34. The summed E-state index contributed by atoms with van der Waals surface area (Å²) >= 11 is 1.32. The summed E-state index contributed by atoms with van der Waals surface area (Å²) < 4.78 is 13.1. The van der Waals surface area contributed by atoms with Crippen molar-refractivity contribution in [2.45, 2.75) is 25.4 Å². The van der Waals surface area contributed by atoms with Crippen LogP contribution in [0.4, 0.5) is 15.1 Å². The van der Waals surface area contributed by atoms with E-state index in [9.17, 15) is 9.18 Å². The van der Waals surface area contributed by atoms with Gasteiger partial charge in [-0.25, -0.2) is 4.39 Å². The first-order chi connectivity index (χ1) is 10.1. The Balaban J connectivity index is 1.64. The van der Waals surface area contributed by atoms with Crippen molar-refractivity contribution >= 4 is 27.9 Å². The average molecular weight is 305 g/mol. The Hall–Kier alpha value is -2.08. The van der Waals surface area contributed by atoms with E-state index in [1.165, 1.54) is 23.5 Å². The van der Waals surface area contributed by atoms with Crippen LogP contribution in [-0.2, 0) is 6.54 Å². The summed E-state index contributed by atoms with van der Waals surface area (Å²) in [4.78, 5) is 12.5. The molecule has 0 bridgehead atoms. The molecule has 1 fully saturated rings. The number of anilines is 2. The third kappa shape index (κ3) is 3.52. The van der Waals surface area contributed by atoms with E-state index >= 15 is 0 Å². The summed E-state index contributed by atoms with van der Waals surface area (Å²) in [6, 6.07) is 8.45. The van der Waals surface area contributed by atoms with E-state index in [2.05, 4.69) is 10.6 Å². The zero-order valence-corrected chi connectivity index (χ0v) is 12.2. The van der Waals surface area contributed by atoms with Crippen LogP contribution in [0.3, 0.4) is 0 Å². The van der Waals surface area contributed by atoms with Gasteiger partial charge in [-0.15, -0.1) is 11.3 Å². The van der Waals surface area contributed by atoms with Crippen LogP contribution in [0.25, 0.3) is 0 Å². The van der Waals surface area contributed by atoms with Gasteiger partial charge in [0.15, 0.2) is 0 Å². The predicted molar refractivity (Wildman–Crippen MR) is 82.9 cm³/mol. The molecule has 0 saturated heterocycles. The Labute approximate surface area is 126 Å². The minimum Gasteiger partial charge on any atom is -0.397 e. The van der Waals surface area contributed by atoms with Gasteiger partial charge in [0.25, 0.3) is 5.91 Å². The molecule has 1 aromatic carbocycles. The van der Waals surface area contributed by atoms with Gasteiger partial charge in [-0.2, -0.15) is 0 Å². The highest BCUT2D eigenvalue weighted by Gasteiger charge is 2.25. The van der Waals surface area contributed by atoms with Gasteiger partial charge in [0.05, 0.1) is 10.7 Å². The first-order valence-corrected chi connectivity index (χ1v) is 7.62. The molecule has 1 heterocycles. The van der Waals surface area contributed by atoms with E-state index in [0.717, 1.165) is 23.4 Å². The fraction of sp³-hybridized carbons (Fsp3) is 0.267. The van der Waals surface area contributed by atoms with Gasteiger partial charge in [0.2, 0.25) is 0 Å². The van der Waals surface area contributed by atoms with Crippen LogP contribution in [0, 0.1) is 5.82 Å². The summed E-state index contributed by atoms with van der Waals surface area (Å²) in [6.45, 7) is 0.487. The number of benzene rings is 1. The topological polar surface area (TPSA) is 67.1 Å². The van der Waals surface area contributed by atoms with Gasteiger partial charge in [-0.3, -0.25) is 4.79 Å². The minimum absolute atomic E-state index is 0.112. The van der Waals surface area contributed by atoms with Crippen LogP contribution in [0.1, 0.15) is 28.1 Å². The van der Waals surface area contributed by atoms with Gasteiger partial charge in [-0.1, -0.05) is 12.1 Å². The highest BCUT2D eigenvalue weighted by molar-refractivity contribution is 7.18. The molecule has 0 radical (unpaired) electrons.